The van der Waals surface area contributed by atoms with Crippen molar-refractivity contribution in [1.82, 2.24) is 4.90 Å². The first-order chi connectivity index (χ1) is 8.38. The largest absolute Gasteiger partial charge is 0.481 e. The highest BCUT2D eigenvalue weighted by molar-refractivity contribution is 5.67. The number of aliphatic hydroxyl groups excluding tert-OH is 1. The first-order valence-corrected chi connectivity index (χ1v) is 6.03. The third-order valence-corrected chi connectivity index (χ3v) is 2.87. The van der Waals surface area contributed by atoms with Gasteiger partial charge in [0.2, 0.25) is 0 Å². The average Bonchev–Trinajstić information content (AvgIpc) is 2.20. The molecule has 1 rings (SSSR count). The molecule has 4 heteroatoms. The molecule has 0 saturated heterocycles. The first-order valence-electron chi connectivity index (χ1n) is 6.03. The molecule has 0 spiro atoms. The number of aliphatic hydroxyl groups is 1. The Morgan fingerprint density at radius 3 is 2.61 bits per heavy atom. The lowest BCUT2D eigenvalue weighted by molar-refractivity contribution is -0.139. The van der Waals surface area contributed by atoms with Crippen LogP contribution >= 0.6 is 0 Å². The number of carboxylic acids is 1. The summed E-state index contributed by atoms with van der Waals surface area (Å²) in [6.07, 6.45) is -1.03. The van der Waals surface area contributed by atoms with Gasteiger partial charge in [-0.1, -0.05) is 23.8 Å². The lowest BCUT2D eigenvalue weighted by Gasteiger charge is -2.20. The van der Waals surface area contributed by atoms with Crippen LogP contribution in [0.1, 0.15) is 23.1 Å². The molecule has 2 N–H and O–H groups in total. The third kappa shape index (κ3) is 4.85. The minimum absolute atomic E-state index is 0.211. The molecular weight excluding hydrogens is 230 g/mol. The molecule has 100 valence electrons. The van der Waals surface area contributed by atoms with E-state index in [9.17, 15) is 9.90 Å². The topological polar surface area (TPSA) is 60.8 Å². The van der Waals surface area contributed by atoms with Gasteiger partial charge in [0, 0.05) is 13.1 Å². The Hall–Kier alpha value is -1.39. The number of nitrogens with zero attached hydrogens (tertiary/aromatic N) is 1. The van der Waals surface area contributed by atoms with E-state index in [1.807, 2.05) is 11.9 Å². The van der Waals surface area contributed by atoms with Gasteiger partial charge in [0.05, 0.1) is 12.5 Å². The van der Waals surface area contributed by atoms with Crippen molar-refractivity contribution >= 4 is 5.97 Å². The third-order valence-electron chi connectivity index (χ3n) is 2.87. The van der Waals surface area contributed by atoms with Gasteiger partial charge in [-0.3, -0.25) is 9.69 Å². The number of aliphatic carboxylic acids is 1. The number of carboxylic acid groups (broad SMARTS) is 1. The van der Waals surface area contributed by atoms with E-state index in [1.165, 1.54) is 16.7 Å². The predicted octanol–water partition coefficient (Wildman–Crippen LogP) is 1.57. The van der Waals surface area contributed by atoms with E-state index in [-0.39, 0.29) is 6.42 Å². The van der Waals surface area contributed by atoms with Crippen LogP contribution in [0.25, 0.3) is 0 Å². The summed E-state index contributed by atoms with van der Waals surface area (Å²) in [7, 11) is 1.88. The molecule has 0 radical (unpaired) electrons. The smallest absolute Gasteiger partial charge is 0.306 e. The number of rotatable bonds is 6. The van der Waals surface area contributed by atoms with Crippen molar-refractivity contribution in [3.05, 3.63) is 34.9 Å². The molecule has 0 fully saturated rings. The van der Waals surface area contributed by atoms with Crippen molar-refractivity contribution in [1.29, 1.82) is 0 Å². The van der Waals surface area contributed by atoms with Gasteiger partial charge in [0.25, 0.3) is 0 Å². The van der Waals surface area contributed by atoms with Crippen LogP contribution in [0.15, 0.2) is 18.2 Å². The lowest BCUT2D eigenvalue weighted by atomic mass is 10.1. The molecule has 0 aliphatic carbocycles. The second kappa shape index (κ2) is 6.52. The molecular formula is C14H21NO3. The fourth-order valence-corrected chi connectivity index (χ4v) is 2.00. The van der Waals surface area contributed by atoms with Gasteiger partial charge in [-0.15, -0.1) is 0 Å². The van der Waals surface area contributed by atoms with Gasteiger partial charge in [-0.2, -0.15) is 0 Å². The summed E-state index contributed by atoms with van der Waals surface area (Å²) in [4.78, 5) is 12.4. The van der Waals surface area contributed by atoms with Crippen LogP contribution in [0.5, 0.6) is 0 Å². The molecule has 1 atom stereocenters. The zero-order chi connectivity index (χ0) is 13.7. The number of hydrogen-bond acceptors (Lipinski definition) is 3. The number of hydrogen-bond donors (Lipinski definition) is 2. The lowest BCUT2D eigenvalue weighted by Crippen LogP contribution is -2.30. The van der Waals surface area contributed by atoms with Gasteiger partial charge in [0.1, 0.15) is 0 Å². The van der Waals surface area contributed by atoms with E-state index in [0.29, 0.717) is 13.1 Å². The summed E-state index contributed by atoms with van der Waals surface area (Å²) >= 11 is 0. The minimum atomic E-state index is -0.970. The van der Waals surface area contributed by atoms with Gasteiger partial charge < -0.3 is 10.2 Å². The Kier molecular flexibility index (Phi) is 5.31. The molecule has 1 aromatic rings. The maximum atomic E-state index is 10.5. The van der Waals surface area contributed by atoms with E-state index in [1.54, 1.807) is 0 Å². The Morgan fingerprint density at radius 2 is 2.06 bits per heavy atom. The van der Waals surface area contributed by atoms with Crippen LogP contribution in [-0.4, -0.2) is 40.8 Å². The molecule has 0 aliphatic rings. The molecule has 4 nitrogen and oxygen atoms in total. The highest BCUT2D eigenvalue weighted by Crippen LogP contribution is 2.12. The highest BCUT2D eigenvalue weighted by Gasteiger charge is 2.12. The van der Waals surface area contributed by atoms with Crippen molar-refractivity contribution in [3.63, 3.8) is 0 Å². The molecule has 1 unspecified atom stereocenters. The molecule has 0 saturated carbocycles. The Labute approximate surface area is 108 Å². The van der Waals surface area contributed by atoms with Gasteiger partial charge in [-0.25, -0.2) is 0 Å². The maximum absolute atomic E-state index is 10.5. The SMILES string of the molecule is Cc1ccc(CN(C)CC(O)CC(=O)O)c(C)c1. The monoisotopic (exact) mass is 251 g/mol. The van der Waals surface area contributed by atoms with Crippen LogP contribution in [-0.2, 0) is 11.3 Å². The fourth-order valence-electron chi connectivity index (χ4n) is 2.00. The van der Waals surface area contributed by atoms with Crippen LogP contribution in [0.3, 0.4) is 0 Å². The number of likely N-dealkylation sites (N-methyl/N-ethyl adjacent to an activating group) is 1. The fraction of sp³-hybridized carbons (Fsp3) is 0.500. The number of benzene rings is 1. The number of carbonyl (C=O) groups is 1. The van der Waals surface area contributed by atoms with Crippen LogP contribution in [0, 0.1) is 13.8 Å². The standard InChI is InChI=1S/C14H21NO3/c1-10-4-5-12(11(2)6-10)8-15(3)9-13(16)7-14(17)18/h4-6,13,16H,7-9H2,1-3H3,(H,17,18). The summed E-state index contributed by atoms with van der Waals surface area (Å²) < 4.78 is 0. The summed E-state index contributed by atoms with van der Waals surface area (Å²) in [6, 6.07) is 6.26. The molecule has 1 aromatic carbocycles. The van der Waals surface area contributed by atoms with Gasteiger partial charge in [0.15, 0.2) is 0 Å². The predicted molar refractivity (Wildman–Crippen MR) is 70.5 cm³/mol. The summed E-state index contributed by atoms with van der Waals surface area (Å²) in [5.41, 5.74) is 3.64. The first kappa shape index (κ1) is 14.7. The van der Waals surface area contributed by atoms with Crippen molar-refractivity contribution in [3.8, 4) is 0 Å². The number of aryl methyl sites for hydroxylation is 2. The maximum Gasteiger partial charge on any atom is 0.306 e. The Bertz CT molecular complexity index is 418. The zero-order valence-corrected chi connectivity index (χ0v) is 11.2. The van der Waals surface area contributed by atoms with E-state index in [0.717, 1.165) is 0 Å². The van der Waals surface area contributed by atoms with Crippen LogP contribution in [0.2, 0.25) is 0 Å². The molecule has 0 aromatic heterocycles. The van der Waals surface area contributed by atoms with Crippen molar-refractivity contribution in [2.45, 2.75) is 32.9 Å². The van der Waals surface area contributed by atoms with Gasteiger partial charge >= 0.3 is 5.97 Å². The highest BCUT2D eigenvalue weighted by atomic mass is 16.4. The second-order valence-electron chi connectivity index (χ2n) is 4.88. The zero-order valence-electron chi connectivity index (χ0n) is 11.2. The average molecular weight is 251 g/mol. The molecule has 0 aliphatic heterocycles. The quantitative estimate of drug-likeness (QED) is 0.805. The Morgan fingerprint density at radius 1 is 1.39 bits per heavy atom. The van der Waals surface area contributed by atoms with Crippen molar-refractivity contribution in [2.24, 2.45) is 0 Å². The summed E-state index contributed by atoms with van der Waals surface area (Å²) in [6.45, 7) is 5.18. The molecule has 0 heterocycles. The summed E-state index contributed by atoms with van der Waals surface area (Å²) in [5.74, 6) is -0.970. The minimum Gasteiger partial charge on any atom is -0.481 e. The molecule has 18 heavy (non-hydrogen) atoms. The van der Waals surface area contributed by atoms with Crippen LogP contribution < -0.4 is 0 Å². The van der Waals surface area contributed by atoms with Crippen molar-refractivity contribution < 1.29 is 15.0 Å². The Balaban J connectivity index is 2.53. The molecule has 0 bridgehead atoms. The van der Waals surface area contributed by atoms with E-state index < -0.39 is 12.1 Å². The van der Waals surface area contributed by atoms with E-state index in [4.69, 9.17) is 5.11 Å². The molecule has 0 amide bonds. The van der Waals surface area contributed by atoms with Crippen LogP contribution in [0.4, 0.5) is 0 Å². The second-order valence-corrected chi connectivity index (χ2v) is 4.88. The summed E-state index contributed by atoms with van der Waals surface area (Å²) in [5, 5.41) is 18.1. The van der Waals surface area contributed by atoms with E-state index in [2.05, 4.69) is 32.0 Å². The van der Waals surface area contributed by atoms with Crippen molar-refractivity contribution in [2.75, 3.05) is 13.6 Å². The van der Waals surface area contributed by atoms with E-state index >= 15 is 0 Å². The normalized spacial score (nSPS) is 12.7. The van der Waals surface area contributed by atoms with Gasteiger partial charge in [-0.05, 0) is 32.0 Å².